The first kappa shape index (κ1) is 20.9. The highest BCUT2D eigenvalue weighted by Gasteiger charge is 2.32. The number of fused-ring (bicyclic) bond motifs is 1. The van der Waals surface area contributed by atoms with Crippen LogP contribution < -0.4 is 5.06 Å². The fourth-order valence-electron chi connectivity index (χ4n) is 2.30. The van der Waals surface area contributed by atoms with Crippen molar-refractivity contribution in [1.82, 2.24) is 0 Å². The highest BCUT2D eigenvalue weighted by Crippen LogP contribution is 2.40. The zero-order valence-electron chi connectivity index (χ0n) is 13.1. The number of phosphoric ester groups is 2. The monoisotopic (exact) mass is 414 g/mol. The molecule has 4 N–H and O–H groups in total. The van der Waals surface area contributed by atoms with E-state index < -0.39 is 39.9 Å². The van der Waals surface area contributed by atoms with E-state index in [0.717, 1.165) is 5.06 Å². The van der Waals surface area contributed by atoms with Crippen molar-refractivity contribution < 1.29 is 47.5 Å². The first-order chi connectivity index (χ1) is 12.0. The Bertz CT molecular complexity index is 735. The number of rotatable bonds is 9. The Labute approximate surface area is 146 Å². The summed E-state index contributed by atoms with van der Waals surface area (Å²) in [7, 11) is -9.75. The van der Waals surface area contributed by atoms with Crippen LogP contribution in [0.25, 0.3) is 0 Å². The Morgan fingerprint density at radius 2 is 1.73 bits per heavy atom. The Morgan fingerprint density at radius 1 is 1.15 bits per heavy atom. The molecule has 0 radical (unpaired) electrons. The number of benzene rings is 1. The lowest BCUT2D eigenvalue weighted by molar-refractivity contribution is -0.384. The van der Waals surface area contributed by atoms with Gasteiger partial charge in [-0.1, -0.05) is 12.1 Å². The third kappa shape index (κ3) is 6.09. The second-order valence-corrected chi connectivity index (χ2v) is 7.67. The molecule has 0 bridgehead atoms. The van der Waals surface area contributed by atoms with E-state index in [0.29, 0.717) is 12.0 Å². The molecule has 1 aliphatic rings. The maximum Gasteiger partial charge on any atom is 0.469 e. The summed E-state index contributed by atoms with van der Waals surface area (Å²) < 4.78 is 30.2. The second kappa shape index (κ2) is 8.09. The lowest BCUT2D eigenvalue weighted by atomic mass is 10.1. The Balaban J connectivity index is 2.17. The van der Waals surface area contributed by atoms with Gasteiger partial charge in [-0.25, -0.2) is 14.2 Å². The van der Waals surface area contributed by atoms with Crippen LogP contribution in [0.4, 0.5) is 11.4 Å². The van der Waals surface area contributed by atoms with Crippen molar-refractivity contribution in [2.75, 3.05) is 24.8 Å². The Hall–Kier alpha value is -1.40. The summed E-state index contributed by atoms with van der Waals surface area (Å²) in [4.78, 5) is 51.0. The molecule has 0 fully saturated rings. The van der Waals surface area contributed by atoms with Crippen LogP contribution in [0.5, 0.6) is 0 Å². The van der Waals surface area contributed by atoms with E-state index in [-0.39, 0.29) is 17.9 Å². The number of anilines is 1. The molecule has 0 aliphatic carbocycles. The van der Waals surface area contributed by atoms with Crippen molar-refractivity contribution in [3.8, 4) is 0 Å². The van der Waals surface area contributed by atoms with Crippen molar-refractivity contribution in [3.63, 3.8) is 0 Å². The van der Waals surface area contributed by atoms with Crippen LogP contribution in [0.1, 0.15) is 5.56 Å². The molecule has 1 aromatic rings. The van der Waals surface area contributed by atoms with Gasteiger partial charge < -0.3 is 19.6 Å². The van der Waals surface area contributed by atoms with Gasteiger partial charge in [-0.2, -0.15) is 0 Å². The zero-order chi connectivity index (χ0) is 19.5. The maximum absolute atomic E-state index is 11.2. The number of hydrogen-bond donors (Lipinski definition) is 4. The normalized spacial score (nSPS) is 14.7. The number of hydrogen-bond acceptors (Lipinski definition) is 8. The van der Waals surface area contributed by atoms with E-state index in [9.17, 15) is 19.2 Å². The third-order valence-corrected chi connectivity index (χ3v) is 4.23. The second-order valence-electron chi connectivity index (χ2n) is 5.19. The average Bonchev–Trinajstić information content (AvgIpc) is 2.91. The van der Waals surface area contributed by atoms with Crippen LogP contribution in [0.2, 0.25) is 0 Å². The molecule has 1 heterocycles. The van der Waals surface area contributed by atoms with Gasteiger partial charge in [0.25, 0.3) is 5.69 Å². The van der Waals surface area contributed by atoms with Crippen molar-refractivity contribution in [1.29, 1.82) is 0 Å². The van der Waals surface area contributed by atoms with Crippen LogP contribution in [0.15, 0.2) is 18.2 Å². The van der Waals surface area contributed by atoms with Gasteiger partial charge in [0.1, 0.15) is 11.8 Å². The summed E-state index contributed by atoms with van der Waals surface area (Å²) in [6, 6.07) is 4.42. The summed E-state index contributed by atoms with van der Waals surface area (Å²) in [5.41, 5.74) is 0.519. The number of phosphoric acid groups is 2. The minimum Gasteiger partial charge on any atom is -0.303 e. The van der Waals surface area contributed by atoms with Crippen LogP contribution in [0.3, 0.4) is 0 Å². The van der Waals surface area contributed by atoms with Gasteiger partial charge in [-0.05, 0) is 12.0 Å². The standard InChI is InChI=1S/C11H16N2O11P2/c14-13(15)10-3-1-2-8-4-5-12(11(8)10)24-9(6-22-25(16,17)18)7-23-26(19,20)21/h1-3,9H,4-7H2,(H2,16,17,18)(H2,19,20,21). The molecule has 0 aromatic heterocycles. The molecule has 0 saturated carbocycles. The van der Waals surface area contributed by atoms with Gasteiger partial charge in [-0.3, -0.25) is 24.0 Å². The van der Waals surface area contributed by atoms with Crippen molar-refractivity contribution in [3.05, 3.63) is 33.9 Å². The first-order valence-corrected chi connectivity index (χ1v) is 10.1. The van der Waals surface area contributed by atoms with Crippen LogP contribution in [0, 0.1) is 10.1 Å². The molecule has 0 unspecified atom stereocenters. The topological polar surface area (TPSA) is 189 Å². The van der Waals surface area contributed by atoms with Crippen LogP contribution in [-0.4, -0.2) is 50.4 Å². The van der Waals surface area contributed by atoms with Gasteiger partial charge in [0.15, 0.2) is 0 Å². The fraction of sp³-hybridized carbons (Fsp3) is 0.455. The lowest BCUT2D eigenvalue weighted by Crippen LogP contribution is -2.34. The van der Waals surface area contributed by atoms with E-state index in [1.807, 2.05) is 0 Å². The van der Waals surface area contributed by atoms with Gasteiger partial charge in [0.05, 0.1) is 24.7 Å². The highest BCUT2D eigenvalue weighted by atomic mass is 31.2. The molecule has 26 heavy (non-hydrogen) atoms. The molecule has 146 valence electrons. The molecule has 1 aromatic carbocycles. The predicted molar refractivity (Wildman–Crippen MR) is 85.0 cm³/mol. The number of nitro groups is 1. The number of hydroxylamine groups is 1. The molecule has 1 aliphatic heterocycles. The predicted octanol–water partition coefficient (Wildman–Crippen LogP) is 0.476. The van der Waals surface area contributed by atoms with Crippen molar-refractivity contribution in [2.45, 2.75) is 12.5 Å². The third-order valence-electron chi connectivity index (χ3n) is 3.26. The summed E-state index contributed by atoms with van der Waals surface area (Å²) >= 11 is 0. The number of nitro benzene ring substituents is 1. The summed E-state index contributed by atoms with van der Waals surface area (Å²) in [5.74, 6) is 0. The van der Waals surface area contributed by atoms with E-state index in [1.54, 1.807) is 6.07 Å². The quantitative estimate of drug-likeness (QED) is 0.249. The van der Waals surface area contributed by atoms with Gasteiger partial charge in [-0.15, -0.1) is 0 Å². The maximum atomic E-state index is 11.2. The van der Waals surface area contributed by atoms with E-state index >= 15 is 0 Å². The largest absolute Gasteiger partial charge is 0.469 e. The van der Waals surface area contributed by atoms with Gasteiger partial charge in [0.2, 0.25) is 0 Å². The molecule has 0 saturated heterocycles. The molecule has 15 heteroatoms. The molecule has 0 atom stereocenters. The SMILES string of the molecule is O=[N+]([O-])c1cccc2c1N(OC(COP(=O)(O)O)COP(=O)(O)O)CC2. The summed E-state index contributed by atoms with van der Waals surface area (Å²) in [6.07, 6.45) is -0.941. The molecule has 2 rings (SSSR count). The average molecular weight is 414 g/mol. The van der Waals surface area contributed by atoms with E-state index in [2.05, 4.69) is 9.05 Å². The molecular formula is C11H16N2O11P2. The molecular weight excluding hydrogens is 398 g/mol. The summed E-state index contributed by atoms with van der Waals surface area (Å²) in [5, 5.41) is 12.3. The van der Waals surface area contributed by atoms with Crippen LogP contribution in [-0.2, 0) is 29.4 Å². The summed E-state index contributed by atoms with van der Waals surface area (Å²) in [6.45, 7) is -1.35. The van der Waals surface area contributed by atoms with E-state index in [4.69, 9.17) is 24.4 Å². The first-order valence-electron chi connectivity index (χ1n) is 7.07. The molecule has 0 spiro atoms. The Kier molecular flexibility index (Phi) is 6.51. The molecule has 0 amide bonds. The molecule has 13 nitrogen and oxygen atoms in total. The minimum absolute atomic E-state index is 0.148. The minimum atomic E-state index is -4.88. The van der Waals surface area contributed by atoms with Crippen molar-refractivity contribution in [2.24, 2.45) is 0 Å². The van der Waals surface area contributed by atoms with Crippen LogP contribution >= 0.6 is 15.6 Å². The van der Waals surface area contributed by atoms with Gasteiger partial charge >= 0.3 is 15.6 Å². The Morgan fingerprint density at radius 3 is 2.23 bits per heavy atom. The van der Waals surface area contributed by atoms with Gasteiger partial charge in [0, 0.05) is 6.07 Å². The zero-order valence-corrected chi connectivity index (χ0v) is 14.9. The smallest absolute Gasteiger partial charge is 0.303 e. The fourth-order valence-corrected chi connectivity index (χ4v) is 3.02. The lowest BCUT2D eigenvalue weighted by Gasteiger charge is -2.25. The van der Waals surface area contributed by atoms with E-state index in [1.165, 1.54) is 12.1 Å². The van der Waals surface area contributed by atoms with Crippen molar-refractivity contribution >= 4 is 27.0 Å². The number of nitrogens with zero attached hydrogens (tertiary/aromatic N) is 2. The highest BCUT2D eigenvalue weighted by molar-refractivity contribution is 7.46. The number of para-hydroxylation sites is 1.